The number of hydrogen-bond donors (Lipinski definition) is 2. The van der Waals surface area contributed by atoms with Gasteiger partial charge in [-0.05, 0) is 31.6 Å². The van der Waals surface area contributed by atoms with E-state index < -0.39 is 8.15 Å². The van der Waals surface area contributed by atoms with Crippen LogP contribution in [0, 0.1) is 0 Å². The van der Waals surface area contributed by atoms with Gasteiger partial charge in [-0.1, -0.05) is 156 Å². The molecular formula is C30H65O3PTi. The van der Waals surface area contributed by atoms with Crippen LogP contribution in [0.2, 0.25) is 0 Å². The molecule has 0 unspecified atom stereocenters. The monoisotopic (exact) mass is 552 g/mol. The van der Waals surface area contributed by atoms with Crippen LogP contribution in [-0.2, 0) is 23.7 Å². The second-order valence-electron chi connectivity index (χ2n) is 10.1. The number of rotatable bonds is 26. The molecule has 0 amide bonds. The molecule has 0 atom stereocenters. The maximum atomic E-state index is 9.92. The molecule has 0 aromatic rings. The summed E-state index contributed by atoms with van der Waals surface area (Å²) in [4.78, 5) is 9.92. The third kappa shape index (κ3) is 45.2. The Morgan fingerprint density at radius 1 is 0.429 bits per heavy atom. The molecule has 3 nitrogen and oxygen atoms in total. The summed E-state index contributed by atoms with van der Waals surface area (Å²) >= 11 is 0.750. The van der Waals surface area contributed by atoms with Gasteiger partial charge in [-0.25, -0.2) is 0 Å². The van der Waals surface area contributed by atoms with Crippen molar-refractivity contribution < 1.29 is 33.7 Å². The van der Waals surface area contributed by atoms with Crippen molar-refractivity contribution in [3.05, 3.63) is 0 Å². The van der Waals surface area contributed by atoms with E-state index in [0.717, 1.165) is 39.1 Å². The Morgan fingerprint density at radius 2 is 0.657 bits per heavy atom. The first kappa shape index (κ1) is 40.4. The minimum absolute atomic E-state index is 0.372. The second-order valence-corrected chi connectivity index (χ2v) is 12.0. The zero-order chi connectivity index (χ0) is 26.7. The molecule has 0 aliphatic heterocycles. The number of aliphatic hydroxyl groups excluding tert-OH is 1. The van der Waals surface area contributed by atoms with Crippen molar-refractivity contribution in [2.45, 2.75) is 175 Å². The quantitative estimate of drug-likeness (QED) is 0.0637. The summed E-state index contributed by atoms with van der Waals surface area (Å²) in [5, 5.41) is 8.61. The fraction of sp³-hybridized carbons (Fsp3) is 1.00. The predicted molar refractivity (Wildman–Crippen MR) is 154 cm³/mol. The molecule has 35 heavy (non-hydrogen) atoms. The summed E-state index contributed by atoms with van der Waals surface area (Å²) in [6.45, 7) is 7.16. The van der Waals surface area contributed by atoms with Gasteiger partial charge in [0.15, 0.2) is 0 Å². The van der Waals surface area contributed by atoms with E-state index in [1.807, 2.05) is 0 Å². The molecular weight excluding hydrogens is 487 g/mol. The summed E-state index contributed by atoms with van der Waals surface area (Å²) < 4.78 is 8.25. The molecule has 0 aromatic carbocycles. The van der Waals surface area contributed by atoms with Crippen LogP contribution in [0.25, 0.3) is 0 Å². The second kappa shape index (κ2) is 42.0. The Morgan fingerprint density at radius 3 is 0.914 bits per heavy atom. The number of aliphatic hydroxyl groups is 1. The SMILES string of the molecule is CCCCCCCCCCCCCCO.CCCCCCCCP(O)CCCCCCCC.[O]=[Ti]. The molecule has 0 saturated carbocycles. The van der Waals surface area contributed by atoms with Crippen LogP contribution >= 0.6 is 8.15 Å². The van der Waals surface area contributed by atoms with Gasteiger partial charge in [0.05, 0.1) is 0 Å². The van der Waals surface area contributed by atoms with E-state index >= 15 is 0 Å². The number of hydrogen-bond acceptors (Lipinski definition) is 3. The van der Waals surface area contributed by atoms with Crippen LogP contribution in [0.4, 0.5) is 0 Å². The van der Waals surface area contributed by atoms with Crippen molar-refractivity contribution >= 4 is 8.15 Å². The normalized spacial score (nSPS) is 10.5. The van der Waals surface area contributed by atoms with Crippen molar-refractivity contribution in [2.24, 2.45) is 0 Å². The first-order valence-corrected chi connectivity index (χ1v) is 17.8. The molecule has 0 heterocycles. The summed E-state index contributed by atoms with van der Waals surface area (Å²) in [6, 6.07) is 0. The van der Waals surface area contributed by atoms with E-state index in [0.29, 0.717) is 6.61 Å². The minimum atomic E-state index is -0.630. The topological polar surface area (TPSA) is 57.5 Å². The first-order valence-electron chi connectivity index (χ1n) is 15.5. The van der Waals surface area contributed by atoms with Gasteiger partial charge in [-0.15, -0.1) is 0 Å². The zero-order valence-corrected chi connectivity index (χ0v) is 26.8. The summed E-state index contributed by atoms with van der Waals surface area (Å²) in [5.74, 6) is 0. The molecule has 0 aromatic heterocycles. The fourth-order valence-corrected chi connectivity index (χ4v) is 5.61. The van der Waals surface area contributed by atoms with E-state index in [2.05, 4.69) is 20.8 Å². The third-order valence-corrected chi connectivity index (χ3v) is 8.22. The van der Waals surface area contributed by atoms with E-state index in [4.69, 9.17) is 8.43 Å². The van der Waals surface area contributed by atoms with Gasteiger partial charge < -0.3 is 10.00 Å². The molecule has 0 aliphatic carbocycles. The Bertz CT molecular complexity index is 307. The molecule has 2 N–H and O–H groups in total. The third-order valence-electron chi connectivity index (χ3n) is 6.55. The van der Waals surface area contributed by atoms with Crippen LogP contribution in [0.1, 0.15) is 175 Å². The van der Waals surface area contributed by atoms with Crippen LogP contribution in [0.15, 0.2) is 0 Å². The Kier molecular flexibility index (Phi) is 48.4. The first-order chi connectivity index (χ1) is 17.2. The van der Waals surface area contributed by atoms with Crippen molar-refractivity contribution in [2.75, 3.05) is 18.9 Å². The molecule has 0 bridgehead atoms. The average molecular weight is 553 g/mol. The Balaban J connectivity index is -0.000000554. The van der Waals surface area contributed by atoms with Crippen LogP contribution < -0.4 is 0 Å². The molecule has 0 spiro atoms. The molecule has 0 radical (unpaired) electrons. The van der Waals surface area contributed by atoms with Gasteiger partial charge >= 0.3 is 23.7 Å². The van der Waals surface area contributed by atoms with Gasteiger partial charge in [-0.2, -0.15) is 0 Å². The van der Waals surface area contributed by atoms with Gasteiger partial charge in [0.1, 0.15) is 0 Å². The summed E-state index contributed by atoms with van der Waals surface area (Å²) in [6.07, 6.45) is 34.5. The van der Waals surface area contributed by atoms with E-state index in [1.165, 1.54) is 148 Å². The fourth-order valence-electron chi connectivity index (χ4n) is 4.21. The van der Waals surface area contributed by atoms with Crippen LogP contribution in [0.5, 0.6) is 0 Å². The molecule has 5 heteroatoms. The average Bonchev–Trinajstić information content (AvgIpc) is 2.88. The molecule has 0 rings (SSSR count). The van der Waals surface area contributed by atoms with Gasteiger partial charge in [-0.3, -0.25) is 0 Å². The van der Waals surface area contributed by atoms with Crippen molar-refractivity contribution in [3.8, 4) is 0 Å². The standard InChI is InChI=1S/C16H35OP.C14H30O.O.Ti/c1-3-5-7-9-11-13-15-18(17)16-14-12-10-8-6-4-2;1-2-3-4-5-6-7-8-9-10-11-12-13-14-15;;/h17H,3-16H2,1-2H3;15H,2-14H2,1H3;;. The van der Waals surface area contributed by atoms with E-state index in [-0.39, 0.29) is 0 Å². The maximum absolute atomic E-state index is 9.92. The molecule has 212 valence electrons. The number of unbranched alkanes of at least 4 members (excludes halogenated alkanes) is 21. The summed E-state index contributed by atoms with van der Waals surface area (Å²) in [5.41, 5.74) is 0. The van der Waals surface area contributed by atoms with Crippen molar-refractivity contribution in [1.29, 1.82) is 0 Å². The predicted octanol–water partition coefficient (Wildman–Crippen LogP) is 10.7. The Hall–Kier alpha value is 0.864. The van der Waals surface area contributed by atoms with Crippen molar-refractivity contribution in [3.63, 3.8) is 0 Å². The van der Waals surface area contributed by atoms with Crippen molar-refractivity contribution in [1.82, 2.24) is 0 Å². The van der Waals surface area contributed by atoms with E-state index in [1.54, 1.807) is 0 Å². The van der Waals surface area contributed by atoms with Crippen LogP contribution in [-0.4, -0.2) is 28.9 Å². The molecule has 0 saturated heterocycles. The van der Waals surface area contributed by atoms with Gasteiger partial charge in [0.2, 0.25) is 0 Å². The zero-order valence-electron chi connectivity index (χ0n) is 24.3. The summed E-state index contributed by atoms with van der Waals surface area (Å²) in [7, 11) is -0.630. The van der Waals surface area contributed by atoms with Crippen LogP contribution in [0.3, 0.4) is 0 Å². The molecule has 0 fully saturated rings. The van der Waals surface area contributed by atoms with Gasteiger partial charge in [0.25, 0.3) is 0 Å². The Labute approximate surface area is 235 Å². The van der Waals surface area contributed by atoms with E-state index in [9.17, 15) is 4.89 Å². The van der Waals surface area contributed by atoms with Gasteiger partial charge in [0, 0.05) is 14.8 Å². The molecule has 0 aliphatic rings.